The molecule has 0 bridgehead atoms. The van der Waals surface area contributed by atoms with Crippen LogP contribution in [0.2, 0.25) is 0 Å². The standard InChI is InChI=1S/C8H15N3O7/c1-11(10-17)8(16)9-4-6(14)5(13)3(2-12)18-7(4)15/h3-7,12-15H,2H2,1H3,(H,9,16)/t3-,4+,5-,6-,7+/m1/s1. The second-order valence-electron chi connectivity index (χ2n) is 3.81. The molecule has 5 atom stereocenters. The predicted octanol–water partition coefficient (Wildman–Crippen LogP) is -2.89. The third-order valence-corrected chi connectivity index (χ3v) is 2.61. The minimum absolute atomic E-state index is 0.407. The van der Waals surface area contributed by atoms with Crippen LogP contribution in [0.25, 0.3) is 0 Å². The molecule has 1 rings (SSSR count). The quantitative estimate of drug-likeness (QED) is 0.271. The monoisotopic (exact) mass is 265 g/mol. The van der Waals surface area contributed by atoms with E-state index in [-0.39, 0.29) is 0 Å². The fourth-order valence-electron chi connectivity index (χ4n) is 1.53. The van der Waals surface area contributed by atoms with Crippen LogP contribution >= 0.6 is 0 Å². The molecule has 0 aromatic heterocycles. The Kier molecular flexibility index (Phi) is 4.93. The summed E-state index contributed by atoms with van der Waals surface area (Å²) in [6, 6.07) is -2.33. The lowest BCUT2D eigenvalue weighted by Gasteiger charge is -2.40. The van der Waals surface area contributed by atoms with Gasteiger partial charge >= 0.3 is 6.03 Å². The fourth-order valence-corrected chi connectivity index (χ4v) is 1.53. The highest BCUT2D eigenvalue weighted by Gasteiger charge is 2.44. The molecule has 0 unspecified atom stereocenters. The fraction of sp³-hybridized carbons (Fsp3) is 0.875. The summed E-state index contributed by atoms with van der Waals surface area (Å²) < 4.78 is 4.80. The second-order valence-corrected chi connectivity index (χ2v) is 3.81. The zero-order valence-electron chi connectivity index (χ0n) is 9.50. The van der Waals surface area contributed by atoms with Crippen LogP contribution in [-0.2, 0) is 4.74 Å². The molecule has 2 amide bonds. The van der Waals surface area contributed by atoms with Gasteiger partial charge in [-0.1, -0.05) is 0 Å². The minimum Gasteiger partial charge on any atom is -0.394 e. The third-order valence-electron chi connectivity index (χ3n) is 2.61. The Hall–Kier alpha value is -1.33. The first-order valence-corrected chi connectivity index (χ1v) is 5.10. The Morgan fingerprint density at radius 2 is 2.00 bits per heavy atom. The van der Waals surface area contributed by atoms with Gasteiger partial charge in [0.05, 0.1) is 11.9 Å². The second kappa shape index (κ2) is 6.02. The van der Waals surface area contributed by atoms with Crippen molar-refractivity contribution in [2.45, 2.75) is 30.6 Å². The minimum atomic E-state index is -1.63. The van der Waals surface area contributed by atoms with Crippen molar-refractivity contribution in [3.05, 3.63) is 4.91 Å². The normalized spacial score (nSPS) is 35.9. The third kappa shape index (κ3) is 2.91. The zero-order chi connectivity index (χ0) is 13.9. The summed E-state index contributed by atoms with van der Waals surface area (Å²) in [4.78, 5) is 21.4. The van der Waals surface area contributed by atoms with Gasteiger partial charge in [-0.15, -0.1) is 4.91 Å². The molecule has 5 N–H and O–H groups in total. The van der Waals surface area contributed by atoms with Gasteiger partial charge in [-0.3, -0.25) is 0 Å². The van der Waals surface area contributed by atoms with Crippen LogP contribution in [0.4, 0.5) is 4.79 Å². The van der Waals surface area contributed by atoms with E-state index < -0.39 is 43.3 Å². The number of nitrogens with zero attached hydrogens (tertiary/aromatic N) is 2. The molecule has 0 spiro atoms. The van der Waals surface area contributed by atoms with Crippen molar-refractivity contribution >= 4 is 6.03 Å². The molecule has 0 aliphatic carbocycles. The Balaban J connectivity index is 2.71. The summed E-state index contributed by atoms with van der Waals surface area (Å²) in [5.74, 6) is 0. The van der Waals surface area contributed by atoms with Gasteiger partial charge in [-0.25, -0.2) is 4.79 Å². The van der Waals surface area contributed by atoms with E-state index in [9.17, 15) is 25.0 Å². The van der Waals surface area contributed by atoms with Gasteiger partial charge in [0.25, 0.3) is 0 Å². The topological polar surface area (TPSA) is 152 Å². The number of hydrogen-bond acceptors (Lipinski definition) is 8. The molecule has 0 radical (unpaired) electrons. The van der Waals surface area contributed by atoms with E-state index in [4.69, 9.17) is 9.84 Å². The van der Waals surface area contributed by atoms with Crippen LogP contribution in [0.15, 0.2) is 5.29 Å². The molecular formula is C8H15N3O7. The number of carbonyl (C=O) groups is 1. The maximum absolute atomic E-state index is 11.3. The molecular weight excluding hydrogens is 250 g/mol. The molecule has 1 aliphatic heterocycles. The number of carbonyl (C=O) groups excluding carboxylic acids is 1. The van der Waals surface area contributed by atoms with Crippen molar-refractivity contribution in [1.82, 2.24) is 10.3 Å². The Bertz CT molecular complexity index is 315. The van der Waals surface area contributed by atoms with Gasteiger partial charge in [0.1, 0.15) is 24.4 Å². The van der Waals surface area contributed by atoms with Gasteiger partial charge in [0, 0.05) is 7.05 Å². The first kappa shape index (κ1) is 14.7. The summed E-state index contributed by atoms with van der Waals surface area (Å²) in [7, 11) is 1.07. The maximum atomic E-state index is 11.3. The number of hydrogen-bond donors (Lipinski definition) is 5. The van der Waals surface area contributed by atoms with Crippen molar-refractivity contribution < 1.29 is 30.0 Å². The number of ether oxygens (including phenoxy) is 1. The summed E-state index contributed by atoms with van der Waals surface area (Å²) >= 11 is 0. The van der Waals surface area contributed by atoms with E-state index in [2.05, 4.69) is 10.6 Å². The number of amides is 2. The maximum Gasteiger partial charge on any atom is 0.340 e. The summed E-state index contributed by atoms with van der Waals surface area (Å²) in [5.41, 5.74) is 0. The molecule has 10 heteroatoms. The van der Waals surface area contributed by atoms with Crippen molar-refractivity contribution in [3.63, 3.8) is 0 Å². The summed E-state index contributed by atoms with van der Waals surface area (Å²) in [6.07, 6.45) is -5.84. The van der Waals surface area contributed by atoms with Crippen LogP contribution in [-0.4, -0.2) is 75.8 Å². The zero-order valence-corrected chi connectivity index (χ0v) is 9.50. The van der Waals surface area contributed by atoms with Crippen LogP contribution in [0.3, 0.4) is 0 Å². The number of nitrogens with one attached hydrogen (secondary N) is 1. The molecule has 18 heavy (non-hydrogen) atoms. The largest absolute Gasteiger partial charge is 0.394 e. The highest BCUT2D eigenvalue weighted by Crippen LogP contribution is 2.19. The number of urea groups is 1. The van der Waals surface area contributed by atoms with Crippen molar-refractivity contribution in [1.29, 1.82) is 0 Å². The first-order chi connectivity index (χ1) is 8.42. The number of aliphatic hydroxyl groups excluding tert-OH is 4. The highest BCUT2D eigenvalue weighted by molar-refractivity contribution is 5.73. The van der Waals surface area contributed by atoms with Crippen molar-refractivity contribution in [2.75, 3.05) is 13.7 Å². The van der Waals surface area contributed by atoms with Crippen LogP contribution in [0.5, 0.6) is 0 Å². The molecule has 1 aliphatic rings. The van der Waals surface area contributed by atoms with E-state index in [0.29, 0.717) is 5.01 Å². The Morgan fingerprint density at radius 3 is 2.50 bits per heavy atom. The SMILES string of the molecule is CN(N=O)C(=O)N[C@H]1[C@@H](O)[C@H](O)[C@@H](CO)O[C@@H]1O. The lowest BCUT2D eigenvalue weighted by atomic mass is 9.97. The number of rotatable bonds is 3. The highest BCUT2D eigenvalue weighted by atomic mass is 16.6. The Labute approximate surface area is 102 Å². The molecule has 1 fully saturated rings. The van der Waals surface area contributed by atoms with E-state index in [1.807, 2.05) is 0 Å². The van der Waals surface area contributed by atoms with E-state index >= 15 is 0 Å². The average Bonchev–Trinajstić information content (AvgIpc) is 2.37. The number of nitroso groups, excluding NO2 is 1. The lowest BCUT2D eigenvalue weighted by molar-refractivity contribution is -0.252. The predicted molar refractivity (Wildman–Crippen MR) is 55.9 cm³/mol. The van der Waals surface area contributed by atoms with Gasteiger partial charge in [0.2, 0.25) is 0 Å². The van der Waals surface area contributed by atoms with E-state index in [1.54, 1.807) is 0 Å². The summed E-state index contributed by atoms with van der Waals surface area (Å²) in [6.45, 7) is -0.605. The van der Waals surface area contributed by atoms with Gasteiger partial charge in [-0.2, -0.15) is 5.01 Å². The average molecular weight is 265 g/mol. The molecule has 0 saturated carbocycles. The van der Waals surface area contributed by atoms with Crippen LogP contribution < -0.4 is 5.32 Å². The first-order valence-electron chi connectivity index (χ1n) is 5.10. The van der Waals surface area contributed by atoms with Crippen LogP contribution in [0.1, 0.15) is 0 Å². The van der Waals surface area contributed by atoms with Crippen molar-refractivity contribution in [2.24, 2.45) is 5.29 Å². The van der Waals surface area contributed by atoms with Gasteiger partial charge in [-0.05, 0) is 0 Å². The Morgan fingerprint density at radius 1 is 1.39 bits per heavy atom. The van der Waals surface area contributed by atoms with Gasteiger partial charge < -0.3 is 30.5 Å². The van der Waals surface area contributed by atoms with Crippen molar-refractivity contribution in [3.8, 4) is 0 Å². The molecule has 1 heterocycles. The number of aliphatic hydroxyl groups is 4. The summed E-state index contributed by atoms with van der Waals surface area (Å²) in [5, 5.41) is 42.4. The molecule has 0 aromatic carbocycles. The molecule has 0 aromatic rings. The molecule has 10 nitrogen and oxygen atoms in total. The molecule has 104 valence electrons. The van der Waals surface area contributed by atoms with Gasteiger partial charge in [0.15, 0.2) is 6.29 Å². The van der Waals surface area contributed by atoms with Crippen LogP contribution in [0, 0.1) is 4.91 Å². The lowest BCUT2D eigenvalue weighted by Crippen LogP contribution is -2.64. The van der Waals surface area contributed by atoms with E-state index in [0.717, 1.165) is 7.05 Å². The smallest absolute Gasteiger partial charge is 0.340 e. The van der Waals surface area contributed by atoms with E-state index in [1.165, 1.54) is 0 Å². The molecule has 1 saturated heterocycles.